The predicted molar refractivity (Wildman–Crippen MR) is 132 cm³/mol. The fourth-order valence-electron chi connectivity index (χ4n) is 5.09. The molecular weight excluding hydrogens is 424 g/mol. The third-order valence-corrected chi connectivity index (χ3v) is 7.07. The maximum atomic E-state index is 7.19. The Bertz CT molecular complexity index is 1380. The Balaban J connectivity index is 1.36. The molecule has 0 radical (unpaired) electrons. The third-order valence-electron chi connectivity index (χ3n) is 7.07. The van der Waals surface area contributed by atoms with Gasteiger partial charge in [-0.05, 0) is 44.6 Å². The van der Waals surface area contributed by atoms with Crippen molar-refractivity contribution in [2.75, 3.05) is 32.1 Å². The molecule has 0 spiro atoms. The normalized spacial score (nSPS) is 15.4. The van der Waals surface area contributed by atoms with Crippen molar-refractivity contribution in [2.45, 2.75) is 25.4 Å². The zero-order chi connectivity index (χ0) is 23.2. The first-order chi connectivity index (χ1) is 16.6. The number of hydrogen-bond donors (Lipinski definition) is 0. The van der Waals surface area contributed by atoms with E-state index in [0.29, 0.717) is 11.7 Å². The van der Waals surface area contributed by atoms with Crippen LogP contribution in [0.25, 0.3) is 33.2 Å². The number of rotatable bonds is 3. The van der Waals surface area contributed by atoms with Gasteiger partial charge in [0, 0.05) is 43.0 Å². The van der Waals surface area contributed by atoms with Crippen LogP contribution in [0, 0.1) is 6.57 Å². The maximum Gasteiger partial charge on any atom is 0.187 e. The Morgan fingerprint density at radius 2 is 1.85 bits per heavy atom. The highest BCUT2D eigenvalue weighted by Gasteiger charge is 2.25. The van der Waals surface area contributed by atoms with Crippen LogP contribution in [0.3, 0.4) is 0 Å². The van der Waals surface area contributed by atoms with Gasteiger partial charge in [-0.1, -0.05) is 24.3 Å². The molecule has 0 aliphatic carbocycles. The minimum absolute atomic E-state index is 0.640. The second-order valence-corrected chi connectivity index (χ2v) is 9.28. The molecule has 0 amide bonds. The number of hydrogen-bond acceptors (Lipinski definition) is 5. The van der Waals surface area contributed by atoms with E-state index in [0.717, 1.165) is 66.6 Å². The van der Waals surface area contributed by atoms with Gasteiger partial charge in [-0.15, -0.1) is 10.2 Å². The SMILES string of the molecule is [C-]#[N+]c1ccc(-c2cc3n(c2)Cc2cc(N4CCC(N(C)C)CC4)ncc2-n2cnnc2-3)cc1. The van der Waals surface area contributed by atoms with Gasteiger partial charge in [0.2, 0.25) is 0 Å². The number of pyridine rings is 1. The van der Waals surface area contributed by atoms with Crippen molar-refractivity contribution in [1.82, 2.24) is 29.2 Å². The first-order valence-electron chi connectivity index (χ1n) is 11.6. The van der Waals surface area contributed by atoms with Crippen molar-refractivity contribution in [3.8, 4) is 28.3 Å². The van der Waals surface area contributed by atoms with Gasteiger partial charge in [-0.2, -0.15) is 0 Å². The van der Waals surface area contributed by atoms with E-state index in [2.05, 4.69) is 61.8 Å². The summed E-state index contributed by atoms with van der Waals surface area (Å²) in [6.07, 6.45) is 8.20. The molecule has 1 saturated heterocycles. The van der Waals surface area contributed by atoms with Gasteiger partial charge >= 0.3 is 0 Å². The average Bonchev–Trinajstić information content (AvgIpc) is 3.49. The Morgan fingerprint density at radius 3 is 2.59 bits per heavy atom. The highest BCUT2D eigenvalue weighted by molar-refractivity contribution is 5.72. The van der Waals surface area contributed by atoms with Crippen LogP contribution in [0.2, 0.25) is 0 Å². The molecule has 5 heterocycles. The monoisotopic (exact) mass is 450 g/mol. The van der Waals surface area contributed by atoms with Crippen LogP contribution >= 0.6 is 0 Å². The molecule has 6 rings (SSSR count). The molecular formula is C26H26N8. The van der Waals surface area contributed by atoms with Crippen LogP contribution in [-0.2, 0) is 6.54 Å². The number of nitrogens with zero attached hydrogens (tertiary/aromatic N) is 8. The molecule has 0 bridgehead atoms. The highest BCUT2D eigenvalue weighted by Crippen LogP contribution is 2.35. The van der Waals surface area contributed by atoms with Gasteiger partial charge in [-0.25, -0.2) is 9.83 Å². The summed E-state index contributed by atoms with van der Waals surface area (Å²) >= 11 is 0. The maximum absolute atomic E-state index is 7.19. The summed E-state index contributed by atoms with van der Waals surface area (Å²) in [5.41, 5.74) is 6.07. The topological polar surface area (TPSA) is 59.4 Å². The molecule has 0 atom stereocenters. The first-order valence-corrected chi connectivity index (χ1v) is 11.6. The molecule has 2 aliphatic rings. The van der Waals surface area contributed by atoms with Crippen LogP contribution in [-0.4, -0.2) is 62.4 Å². The summed E-state index contributed by atoms with van der Waals surface area (Å²) in [6.45, 7) is 9.97. The second-order valence-electron chi connectivity index (χ2n) is 9.28. The van der Waals surface area contributed by atoms with Crippen LogP contribution in [0.1, 0.15) is 18.4 Å². The predicted octanol–water partition coefficient (Wildman–Crippen LogP) is 4.24. The van der Waals surface area contributed by atoms with Crippen molar-refractivity contribution in [3.05, 3.63) is 72.1 Å². The molecule has 170 valence electrons. The van der Waals surface area contributed by atoms with E-state index in [1.807, 2.05) is 35.0 Å². The minimum Gasteiger partial charge on any atom is -0.356 e. The number of piperidine rings is 1. The molecule has 4 aromatic rings. The number of anilines is 1. The summed E-state index contributed by atoms with van der Waals surface area (Å²) in [5, 5.41) is 8.65. The van der Waals surface area contributed by atoms with E-state index in [-0.39, 0.29) is 0 Å². The van der Waals surface area contributed by atoms with Gasteiger partial charge in [0.1, 0.15) is 12.1 Å². The molecule has 3 aromatic heterocycles. The van der Waals surface area contributed by atoms with E-state index >= 15 is 0 Å². The Morgan fingerprint density at radius 1 is 1.06 bits per heavy atom. The summed E-state index contributed by atoms with van der Waals surface area (Å²) in [5.74, 6) is 1.85. The van der Waals surface area contributed by atoms with Crippen LogP contribution in [0.4, 0.5) is 11.5 Å². The Labute approximate surface area is 198 Å². The summed E-state index contributed by atoms with van der Waals surface area (Å²) < 4.78 is 4.28. The van der Waals surface area contributed by atoms with Crippen LogP contribution in [0.5, 0.6) is 0 Å². The molecule has 8 nitrogen and oxygen atoms in total. The van der Waals surface area contributed by atoms with Crippen molar-refractivity contribution in [1.29, 1.82) is 0 Å². The van der Waals surface area contributed by atoms with Crippen molar-refractivity contribution in [3.63, 3.8) is 0 Å². The fraction of sp³-hybridized carbons (Fsp3) is 0.308. The van der Waals surface area contributed by atoms with Crippen molar-refractivity contribution >= 4 is 11.5 Å². The lowest BCUT2D eigenvalue weighted by Gasteiger charge is -2.36. The second kappa shape index (κ2) is 8.12. The standard InChI is InChI=1S/C26H26N8/c1-27-21-6-4-18(5-7-21)19-12-23-26-30-29-17-34(26)24-14-28-25(13-20(24)16-33(23)15-19)32-10-8-22(9-11-32)31(2)3/h4-7,12-15,17,22H,8-11,16H2,2-3H3. The van der Waals surface area contributed by atoms with Crippen LogP contribution < -0.4 is 4.90 Å². The Hall–Kier alpha value is -3.96. The van der Waals surface area contributed by atoms with Gasteiger partial charge < -0.3 is 14.4 Å². The van der Waals surface area contributed by atoms with Gasteiger partial charge in [0.05, 0.1) is 24.2 Å². The summed E-state index contributed by atoms with van der Waals surface area (Å²) in [6, 6.07) is 12.7. The summed E-state index contributed by atoms with van der Waals surface area (Å²) in [7, 11) is 4.33. The Kier molecular flexibility index (Phi) is 4.93. The lowest BCUT2D eigenvalue weighted by molar-refractivity contribution is 0.249. The number of fused-ring (bicyclic) bond motifs is 5. The fourth-order valence-corrected chi connectivity index (χ4v) is 5.09. The zero-order valence-electron chi connectivity index (χ0n) is 19.4. The molecule has 2 aliphatic heterocycles. The molecule has 0 N–H and O–H groups in total. The molecule has 34 heavy (non-hydrogen) atoms. The highest BCUT2D eigenvalue weighted by atomic mass is 15.3. The van der Waals surface area contributed by atoms with E-state index < -0.39 is 0 Å². The molecule has 1 fully saturated rings. The van der Waals surface area contributed by atoms with Gasteiger partial charge in [0.15, 0.2) is 11.5 Å². The summed E-state index contributed by atoms with van der Waals surface area (Å²) in [4.78, 5) is 13.1. The largest absolute Gasteiger partial charge is 0.356 e. The average molecular weight is 451 g/mol. The number of aromatic nitrogens is 5. The molecule has 0 saturated carbocycles. The van der Waals surface area contributed by atoms with E-state index in [9.17, 15) is 0 Å². The smallest absolute Gasteiger partial charge is 0.187 e. The zero-order valence-corrected chi connectivity index (χ0v) is 19.4. The lowest BCUT2D eigenvalue weighted by atomic mass is 10.0. The lowest BCUT2D eigenvalue weighted by Crippen LogP contribution is -2.42. The minimum atomic E-state index is 0.640. The van der Waals surface area contributed by atoms with Crippen molar-refractivity contribution < 1.29 is 0 Å². The number of benzene rings is 1. The third kappa shape index (κ3) is 3.45. The van der Waals surface area contributed by atoms with E-state index in [4.69, 9.17) is 11.6 Å². The van der Waals surface area contributed by atoms with Crippen molar-refractivity contribution in [2.24, 2.45) is 0 Å². The van der Waals surface area contributed by atoms with Gasteiger partial charge in [0.25, 0.3) is 0 Å². The van der Waals surface area contributed by atoms with E-state index in [1.54, 1.807) is 6.33 Å². The van der Waals surface area contributed by atoms with E-state index in [1.165, 1.54) is 5.56 Å². The molecule has 1 aromatic carbocycles. The molecule has 0 unspecified atom stereocenters. The quantitative estimate of drug-likeness (QED) is 0.385. The molecule has 8 heteroatoms. The van der Waals surface area contributed by atoms with Crippen LogP contribution in [0.15, 0.2) is 55.1 Å². The van der Waals surface area contributed by atoms with Gasteiger partial charge in [-0.3, -0.25) is 4.57 Å². The first kappa shape index (κ1) is 20.6.